The third kappa shape index (κ3) is 5.45. The van der Waals surface area contributed by atoms with Crippen LogP contribution in [-0.2, 0) is 16.5 Å². The zero-order valence-corrected chi connectivity index (χ0v) is 16.2. The first-order valence-corrected chi connectivity index (χ1v) is 9.97. The van der Waals surface area contributed by atoms with Gasteiger partial charge in [-0.3, -0.25) is 9.67 Å². The monoisotopic (exact) mass is 363 g/mol. The van der Waals surface area contributed by atoms with Crippen molar-refractivity contribution >= 4 is 5.96 Å². The van der Waals surface area contributed by atoms with Gasteiger partial charge in [0.1, 0.15) is 0 Å². The second kappa shape index (κ2) is 9.92. The Morgan fingerprint density at radius 2 is 2.23 bits per heavy atom. The van der Waals surface area contributed by atoms with Gasteiger partial charge in [-0.15, -0.1) is 0 Å². The Balaban J connectivity index is 1.43. The lowest BCUT2D eigenvalue weighted by Crippen LogP contribution is -2.40. The maximum Gasteiger partial charge on any atom is 0.193 e. The van der Waals surface area contributed by atoms with Crippen LogP contribution in [0.4, 0.5) is 0 Å². The number of likely N-dealkylation sites (tertiary alicyclic amines) is 1. The zero-order chi connectivity index (χ0) is 18.2. The van der Waals surface area contributed by atoms with E-state index in [0.29, 0.717) is 12.0 Å². The van der Waals surface area contributed by atoms with E-state index in [9.17, 15) is 0 Å². The number of aromatic nitrogens is 2. The molecule has 1 atom stereocenters. The summed E-state index contributed by atoms with van der Waals surface area (Å²) in [7, 11) is 1.98. The van der Waals surface area contributed by atoms with Crippen LogP contribution in [-0.4, -0.2) is 72.7 Å². The van der Waals surface area contributed by atoms with Gasteiger partial charge in [0.25, 0.3) is 0 Å². The van der Waals surface area contributed by atoms with Gasteiger partial charge < -0.3 is 19.7 Å². The third-order valence-electron chi connectivity index (χ3n) is 5.10. The molecule has 0 saturated carbocycles. The highest BCUT2D eigenvalue weighted by Crippen LogP contribution is 2.26. The lowest BCUT2D eigenvalue weighted by Gasteiger charge is -2.23. The predicted molar refractivity (Wildman–Crippen MR) is 103 cm³/mol. The normalized spacial score (nSPS) is 22.2. The molecule has 2 saturated heterocycles. The molecule has 146 valence electrons. The van der Waals surface area contributed by atoms with Gasteiger partial charge in [-0.05, 0) is 38.2 Å². The first-order chi connectivity index (χ1) is 12.8. The molecule has 0 amide bonds. The van der Waals surface area contributed by atoms with Crippen molar-refractivity contribution in [3.63, 3.8) is 0 Å². The highest BCUT2D eigenvalue weighted by Gasteiger charge is 2.26. The molecular weight excluding hydrogens is 330 g/mol. The summed E-state index contributed by atoms with van der Waals surface area (Å²) in [5.41, 5.74) is 1.33. The SMILES string of the molecule is CCNC(=NCCCOC1CCOCC1)N1CCC(c2cnn(C)c2)C1. The molecule has 3 rings (SSSR count). The number of rotatable bonds is 7. The van der Waals surface area contributed by atoms with E-state index in [2.05, 4.69) is 28.4 Å². The first kappa shape index (κ1) is 19.2. The van der Waals surface area contributed by atoms with Crippen molar-refractivity contribution in [1.82, 2.24) is 20.0 Å². The summed E-state index contributed by atoms with van der Waals surface area (Å²) in [6.45, 7) is 8.33. The molecule has 26 heavy (non-hydrogen) atoms. The molecule has 0 radical (unpaired) electrons. The zero-order valence-electron chi connectivity index (χ0n) is 16.2. The van der Waals surface area contributed by atoms with Crippen LogP contribution in [0, 0.1) is 0 Å². The number of nitrogens with one attached hydrogen (secondary N) is 1. The van der Waals surface area contributed by atoms with Gasteiger partial charge in [0.2, 0.25) is 0 Å². The van der Waals surface area contributed by atoms with Gasteiger partial charge >= 0.3 is 0 Å². The second-order valence-electron chi connectivity index (χ2n) is 7.15. The summed E-state index contributed by atoms with van der Waals surface area (Å²) in [6.07, 6.45) is 8.66. The van der Waals surface area contributed by atoms with Crippen molar-refractivity contribution in [2.45, 2.75) is 44.6 Å². The summed E-state index contributed by atoms with van der Waals surface area (Å²) in [6, 6.07) is 0. The number of guanidine groups is 1. The molecule has 7 heteroatoms. The molecule has 0 bridgehead atoms. The molecule has 0 aliphatic carbocycles. The number of aryl methyl sites for hydroxylation is 1. The van der Waals surface area contributed by atoms with Crippen molar-refractivity contribution < 1.29 is 9.47 Å². The van der Waals surface area contributed by atoms with Gasteiger partial charge in [0.15, 0.2) is 5.96 Å². The minimum absolute atomic E-state index is 0.375. The fraction of sp³-hybridized carbons (Fsp3) is 0.789. The lowest BCUT2D eigenvalue weighted by atomic mass is 10.0. The largest absolute Gasteiger partial charge is 0.381 e. The number of nitrogens with zero attached hydrogens (tertiary/aromatic N) is 4. The minimum atomic E-state index is 0.375. The molecule has 2 aliphatic heterocycles. The Morgan fingerprint density at radius 1 is 1.38 bits per heavy atom. The maximum atomic E-state index is 5.93. The van der Waals surface area contributed by atoms with Gasteiger partial charge in [0, 0.05) is 65.2 Å². The lowest BCUT2D eigenvalue weighted by molar-refractivity contribution is -0.0318. The van der Waals surface area contributed by atoms with Crippen LogP contribution in [0.1, 0.15) is 44.1 Å². The van der Waals surface area contributed by atoms with E-state index in [0.717, 1.165) is 77.6 Å². The summed E-state index contributed by atoms with van der Waals surface area (Å²) in [5.74, 6) is 1.58. The fourth-order valence-corrected chi connectivity index (χ4v) is 3.64. The molecule has 0 aromatic carbocycles. The fourth-order valence-electron chi connectivity index (χ4n) is 3.64. The standard InChI is InChI=1S/C19H33N5O2/c1-3-20-19(21-8-4-10-26-18-6-11-25-12-7-18)24-9-5-16(15-24)17-13-22-23(2)14-17/h13-14,16,18H,3-12,15H2,1-2H3,(H,20,21). The van der Waals surface area contributed by atoms with Crippen molar-refractivity contribution in [3.05, 3.63) is 18.0 Å². The van der Waals surface area contributed by atoms with Crippen LogP contribution in [0.15, 0.2) is 17.4 Å². The first-order valence-electron chi connectivity index (χ1n) is 9.97. The molecular formula is C19H33N5O2. The van der Waals surface area contributed by atoms with E-state index in [1.54, 1.807) is 0 Å². The third-order valence-corrected chi connectivity index (χ3v) is 5.10. The predicted octanol–water partition coefficient (Wildman–Crippen LogP) is 1.76. The molecule has 3 heterocycles. The van der Waals surface area contributed by atoms with E-state index in [4.69, 9.17) is 14.5 Å². The highest BCUT2D eigenvalue weighted by molar-refractivity contribution is 5.80. The molecule has 1 aromatic rings. The number of ether oxygens (including phenoxy) is 2. The molecule has 1 aromatic heterocycles. The van der Waals surface area contributed by atoms with Crippen molar-refractivity contribution in [1.29, 1.82) is 0 Å². The number of hydrogen-bond acceptors (Lipinski definition) is 4. The quantitative estimate of drug-likeness (QED) is 0.454. The van der Waals surface area contributed by atoms with Gasteiger partial charge in [-0.2, -0.15) is 5.10 Å². The Morgan fingerprint density at radius 3 is 2.96 bits per heavy atom. The molecule has 2 aliphatic rings. The molecule has 1 N–H and O–H groups in total. The number of hydrogen-bond donors (Lipinski definition) is 1. The molecule has 1 unspecified atom stereocenters. The minimum Gasteiger partial charge on any atom is -0.381 e. The second-order valence-corrected chi connectivity index (χ2v) is 7.15. The van der Waals surface area contributed by atoms with Crippen molar-refractivity contribution in [2.75, 3.05) is 46.0 Å². The Bertz CT molecular complexity index is 568. The van der Waals surface area contributed by atoms with Gasteiger partial charge in [-0.1, -0.05) is 0 Å². The smallest absolute Gasteiger partial charge is 0.193 e. The molecule has 2 fully saturated rings. The Labute approximate surface area is 156 Å². The van der Waals surface area contributed by atoms with Crippen molar-refractivity contribution in [3.8, 4) is 0 Å². The van der Waals surface area contributed by atoms with E-state index in [-0.39, 0.29) is 0 Å². The van der Waals surface area contributed by atoms with E-state index in [1.165, 1.54) is 5.56 Å². The summed E-state index contributed by atoms with van der Waals surface area (Å²) in [5, 5.41) is 7.75. The summed E-state index contributed by atoms with van der Waals surface area (Å²) >= 11 is 0. The van der Waals surface area contributed by atoms with Crippen LogP contribution in [0.3, 0.4) is 0 Å². The van der Waals surface area contributed by atoms with Crippen LogP contribution in [0.2, 0.25) is 0 Å². The average Bonchev–Trinajstić information content (AvgIpc) is 3.30. The maximum absolute atomic E-state index is 5.93. The van der Waals surface area contributed by atoms with Gasteiger partial charge in [-0.25, -0.2) is 0 Å². The number of aliphatic imine (C=N–C) groups is 1. The van der Waals surface area contributed by atoms with Crippen LogP contribution in [0.5, 0.6) is 0 Å². The van der Waals surface area contributed by atoms with Gasteiger partial charge in [0.05, 0.1) is 12.3 Å². The summed E-state index contributed by atoms with van der Waals surface area (Å²) < 4.78 is 13.2. The topological polar surface area (TPSA) is 63.9 Å². The van der Waals surface area contributed by atoms with E-state index in [1.807, 2.05) is 17.9 Å². The van der Waals surface area contributed by atoms with E-state index < -0.39 is 0 Å². The van der Waals surface area contributed by atoms with Crippen LogP contribution in [0.25, 0.3) is 0 Å². The van der Waals surface area contributed by atoms with Crippen LogP contribution >= 0.6 is 0 Å². The highest BCUT2D eigenvalue weighted by atomic mass is 16.5. The average molecular weight is 364 g/mol. The van der Waals surface area contributed by atoms with E-state index >= 15 is 0 Å². The Kier molecular flexibility index (Phi) is 7.32. The summed E-state index contributed by atoms with van der Waals surface area (Å²) in [4.78, 5) is 7.19. The van der Waals surface area contributed by atoms with Crippen molar-refractivity contribution in [2.24, 2.45) is 12.0 Å². The molecule has 0 spiro atoms. The molecule has 7 nitrogen and oxygen atoms in total. The van der Waals surface area contributed by atoms with Crippen LogP contribution < -0.4 is 5.32 Å². The Hall–Kier alpha value is -1.60.